The maximum absolute atomic E-state index is 2.59. The van der Waals surface area contributed by atoms with Crippen LogP contribution < -0.4 is 4.90 Å². The van der Waals surface area contributed by atoms with Gasteiger partial charge in [0.05, 0.1) is 12.1 Å². The second-order valence-corrected chi connectivity index (χ2v) is 16.6. The fourth-order valence-electron chi connectivity index (χ4n) is 9.02. The first-order chi connectivity index (χ1) is 29.7. The van der Waals surface area contributed by atoms with Crippen LogP contribution in [-0.4, -0.2) is 17.0 Å². The first kappa shape index (κ1) is 39.1. The molecule has 0 aromatic heterocycles. The molecule has 0 N–H and O–H groups in total. The van der Waals surface area contributed by atoms with Crippen LogP contribution in [0.15, 0.2) is 222 Å². The van der Waals surface area contributed by atoms with E-state index in [0.29, 0.717) is 12.0 Å². The molecule has 3 aromatic rings. The third-order valence-electron chi connectivity index (χ3n) is 12.3. The average molecular weight is 781 g/mol. The Bertz CT molecular complexity index is 2460. The summed E-state index contributed by atoms with van der Waals surface area (Å²) in [5, 5.41) is 0. The van der Waals surface area contributed by atoms with Crippen molar-refractivity contribution in [3.63, 3.8) is 0 Å². The van der Waals surface area contributed by atoms with Gasteiger partial charge in [-0.05, 0) is 139 Å². The minimum absolute atomic E-state index is 0.271. The molecular weight excluding hydrogens is 725 g/mol. The molecule has 3 aromatic carbocycles. The molecule has 0 aliphatic heterocycles. The van der Waals surface area contributed by atoms with Crippen LogP contribution in [0.2, 0.25) is 0 Å². The van der Waals surface area contributed by atoms with Gasteiger partial charge in [0, 0.05) is 22.8 Å². The van der Waals surface area contributed by atoms with Crippen molar-refractivity contribution in [2.75, 3.05) is 4.90 Å². The molecule has 298 valence electrons. The predicted molar refractivity (Wildman–Crippen MR) is 257 cm³/mol. The highest BCUT2D eigenvalue weighted by molar-refractivity contribution is 5.72. The zero-order chi connectivity index (χ0) is 40.4. The van der Waals surface area contributed by atoms with Crippen molar-refractivity contribution in [2.24, 2.45) is 5.92 Å². The lowest BCUT2D eigenvalue weighted by Crippen LogP contribution is -2.33. The summed E-state index contributed by atoms with van der Waals surface area (Å²) < 4.78 is 0. The number of anilines is 2. The van der Waals surface area contributed by atoms with E-state index in [0.717, 1.165) is 57.8 Å². The van der Waals surface area contributed by atoms with E-state index in [-0.39, 0.29) is 6.04 Å². The van der Waals surface area contributed by atoms with Crippen molar-refractivity contribution in [3.8, 4) is 0 Å². The fraction of sp³-hybridized carbons (Fsp3) is 0.207. The Morgan fingerprint density at radius 3 is 2.03 bits per heavy atom. The summed E-state index contributed by atoms with van der Waals surface area (Å²) in [6.45, 7) is 0. The second kappa shape index (κ2) is 19.1. The molecule has 0 radical (unpaired) electrons. The average Bonchev–Trinajstić information content (AvgIpc) is 3.32. The smallest absolute Gasteiger partial charge is 0.0559 e. The van der Waals surface area contributed by atoms with Crippen molar-refractivity contribution >= 4 is 29.6 Å². The summed E-state index contributed by atoms with van der Waals surface area (Å²) in [6.07, 6.45) is 62.7. The van der Waals surface area contributed by atoms with Gasteiger partial charge in [0.1, 0.15) is 0 Å². The van der Waals surface area contributed by atoms with Crippen LogP contribution in [0, 0.1) is 5.92 Å². The molecule has 0 spiro atoms. The first-order valence-electron chi connectivity index (χ1n) is 22.2. The maximum atomic E-state index is 2.59. The van der Waals surface area contributed by atoms with E-state index in [1.165, 1.54) is 61.7 Å². The molecule has 9 rings (SSSR count). The van der Waals surface area contributed by atoms with E-state index in [9.17, 15) is 0 Å². The normalized spacial score (nSPS) is 22.1. The van der Waals surface area contributed by atoms with Gasteiger partial charge in [-0.15, -0.1) is 0 Å². The Labute approximate surface area is 358 Å². The van der Waals surface area contributed by atoms with Gasteiger partial charge in [-0.2, -0.15) is 0 Å². The van der Waals surface area contributed by atoms with Crippen molar-refractivity contribution in [2.45, 2.75) is 69.9 Å². The van der Waals surface area contributed by atoms with E-state index in [2.05, 4.69) is 222 Å². The Kier molecular flexibility index (Phi) is 12.5. The number of nitrogens with zero attached hydrogens (tertiary/aromatic N) is 2. The van der Waals surface area contributed by atoms with Crippen LogP contribution in [0.3, 0.4) is 0 Å². The molecule has 2 nitrogen and oxygen atoms in total. The summed E-state index contributed by atoms with van der Waals surface area (Å²) >= 11 is 0. The molecule has 6 aliphatic carbocycles. The second-order valence-electron chi connectivity index (χ2n) is 16.6. The molecule has 6 aliphatic rings. The van der Waals surface area contributed by atoms with Gasteiger partial charge < -0.3 is 9.80 Å². The third-order valence-corrected chi connectivity index (χ3v) is 12.3. The maximum Gasteiger partial charge on any atom is 0.0559 e. The Hall–Kier alpha value is -6.38. The lowest BCUT2D eigenvalue weighted by Gasteiger charge is -2.37. The molecule has 0 fully saturated rings. The number of rotatable bonds is 12. The zero-order valence-corrected chi connectivity index (χ0v) is 34.7. The SMILES string of the molecule is C1=CCC(N(c2ccc(/C=C/C3=CCCC=C3)cc2)c2ccc3c(c2)C=CC(/C=C/C2=CC=C(N(C4=CCCC=C4)C4C=CC(/C=C/c5ccccc5)=CC4)CC2)C3)C=C1. The van der Waals surface area contributed by atoms with Gasteiger partial charge in [-0.3, -0.25) is 0 Å². The number of hydrogen-bond acceptors (Lipinski definition) is 2. The van der Waals surface area contributed by atoms with E-state index in [1.54, 1.807) is 0 Å². The van der Waals surface area contributed by atoms with Gasteiger partial charge in [0.25, 0.3) is 0 Å². The Balaban J connectivity index is 0.866. The van der Waals surface area contributed by atoms with Crippen molar-refractivity contribution in [3.05, 3.63) is 245 Å². The first-order valence-corrected chi connectivity index (χ1v) is 22.2. The van der Waals surface area contributed by atoms with Crippen LogP contribution in [-0.2, 0) is 6.42 Å². The van der Waals surface area contributed by atoms with Gasteiger partial charge in [-0.25, -0.2) is 0 Å². The highest BCUT2D eigenvalue weighted by Crippen LogP contribution is 2.36. The quantitative estimate of drug-likeness (QED) is 0.181. The lowest BCUT2D eigenvalue weighted by atomic mass is 9.88. The number of allylic oxidation sites excluding steroid dienone is 20. The van der Waals surface area contributed by atoms with E-state index in [4.69, 9.17) is 0 Å². The highest BCUT2D eigenvalue weighted by Gasteiger charge is 2.25. The summed E-state index contributed by atoms with van der Waals surface area (Å²) in [4.78, 5) is 5.10. The monoisotopic (exact) mass is 780 g/mol. The van der Waals surface area contributed by atoms with Crippen LogP contribution in [0.1, 0.15) is 73.6 Å². The van der Waals surface area contributed by atoms with Gasteiger partial charge >= 0.3 is 0 Å². The molecule has 0 heterocycles. The predicted octanol–water partition coefficient (Wildman–Crippen LogP) is 14.8. The van der Waals surface area contributed by atoms with E-state index < -0.39 is 0 Å². The molecule has 3 atom stereocenters. The molecular formula is C58H56N2. The lowest BCUT2D eigenvalue weighted by molar-refractivity contribution is 0.355. The fourth-order valence-corrected chi connectivity index (χ4v) is 9.02. The molecule has 3 unspecified atom stereocenters. The summed E-state index contributed by atoms with van der Waals surface area (Å²) in [7, 11) is 0. The van der Waals surface area contributed by atoms with E-state index >= 15 is 0 Å². The largest absolute Gasteiger partial charge is 0.338 e. The molecule has 0 saturated carbocycles. The summed E-state index contributed by atoms with van der Waals surface area (Å²) in [5.74, 6) is 0.385. The minimum atomic E-state index is 0.271. The number of fused-ring (bicyclic) bond motifs is 1. The standard InChI is InChI=1S/C58H56N2/c1-5-13-45(14-6-1)21-23-47-28-36-55(37-29-47)59(53-17-9-3-10-18-53)56-38-30-49(31-39-56)25-26-50-27-34-52-44-58(42-35-51(52)43-50)60(54-19-11-4-12-20-54)57-40-32-48(33-41-57)24-22-46-15-7-2-8-16-46/h1,4-7,9,11-19,21-30,32-36,38,40-42,44,50,54-55H,2-3,8,10,20,31,37,39,43H2/b23-21+,24-22+,26-25+. The van der Waals surface area contributed by atoms with Crippen LogP contribution in [0.25, 0.3) is 18.2 Å². The number of hydrogen-bond donors (Lipinski definition) is 0. The third kappa shape index (κ3) is 9.73. The Morgan fingerprint density at radius 2 is 1.32 bits per heavy atom. The van der Waals surface area contributed by atoms with Crippen molar-refractivity contribution in [1.82, 2.24) is 4.90 Å². The van der Waals surface area contributed by atoms with Crippen LogP contribution in [0.5, 0.6) is 0 Å². The summed E-state index contributed by atoms with van der Waals surface area (Å²) in [6, 6.07) is 27.3. The van der Waals surface area contributed by atoms with Crippen molar-refractivity contribution < 1.29 is 0 Å². The van der Waals surface area contributed by atoms with Gasteiger partial charge in [-0.1, -0.05) is 176 Å². The Morgan fingerprint density at radius 1 is 0.533 bits per heavy atom. The molecule has 0 amide bonds. The number of benzene rings is 3. The van der Waals surface area contributed by atoms with E-state index in [1.807, 2.05) is 0 Å². The summed E-state index contributed by atoms with van der Waals surface area (Å²) in [5.41, 5.74) is 14.4. The molecule has 0 saturated heterocycles. The van der Waals surface area contributed by atoms with Crippen LogP contribution in [0.4, 0.5) is 11.4 Å². The van der Waals surface area contributed by atoms with Gasteiger partial charge in [0.2, 0.25) is 0 Å². The highest BCUT2D eigenvalue weighted by atomic mass is 15.2. The van der Waals surface area contributed by atoms with Gasteiger partial charge in [0.15, 0.2) is 0 Å². The molecule has 60 heavy (non-hydrogen) atoms. The zero-order valence-electron chi connectivity index (χ0n) is 34.7. The molecule has 0 bridgehead atoms. The minimum Gasteiger partial charge on any atom is -0.338 e. The topological polar surface area (TPSA) is 6.48 Å². The molecule has 2 heteroatoms. The van der Waals surface area contributed by atoms with Crippen molar-refractivity contribution in [1.29, 1.82) is 0 Å². The van der Waals surface area contributed by atoms with Crippen LogP contribution >= 0.6 is 0 Å².